The monoisotopic (exact) mass is 253 g/mol. The van der Waals surface area contributed by atoms with Crippen LogP contribution in [0.4, 0.5) is 0 Å². The van der Waals surface area contributed by atoms with E-state index in [2.05, 4.69) is 10.9 Å². The Morgan fingerprint density at radius 2 is 1.95 bits per heavy atom. The fraction of sp³-hybridized carbons (Fsp3) is 0.0667. The Balaban J connectivity index is 2.11. The zero-order valence-corrected chi connectivity index (χ0v) is 10.1. The zero-order chi connectivity index (χ0) is 13.5. The van der Waals surface area contributed by atoms with Crippen LogP contribution in [0.25, 0.3) is 0 Å². The van der Waals surface area contributed by atoms with Crippen molar-refractivity contribution in [2.24, 2.45) is 0 Å². The van der Waals surface area contributed by atoms with Crippen LogP contribution in [0.1, 0.15) is 10.4 Å². The highest BCUT2D eigenvalue weighted by molar-refractivity contribution is 5.78. The number of aromatic nitrogens is 1. The molecule has 4 heteroatoms. The van der Waals surface area contributed by atoms with Gasteiger partial charge in [0.15, 0.2) is 6.29 Å². The molecule has 2 aromatic rings. The molecule has 0 saturated heterocycles. The molecule has 0 atom stereocenters. The molecule has 0 fully saturated rings. The number of benzene rings is 1. The van der Waals surface area contributed by atoms with E-state index in [9.17, 15) is 4.79 Å². The molecule has 0 aliphatic rings. The van der Waals surface area contributed by atoms with Crippen LogP contribution < -0.4 is 9.47 Å². The summed E-state index contributed by atoms with van der Waals surface area (Å²) < 4.78 is 10.8. The zero-order valence-electron chi connectivity index (χ0n) is 10.1. The summed E-state index contributed by atoms with van der Waals surface area (Å²) in [4.78, 5) is 14.8. The molecular weight excluding hydrogens is 242 g/mol. The Kier molecular flexibility index (Phi) is 4.14. The van der Waals surface area contributed by atoms with Crippen molar-refractivity contribution in [3.05, 3.63) is 48.2 Å². The van der Waals surface area contributed by atoms with Crippen molar-refractivity contribution in [2.45, 2.75) is 0 Å². The molecule has 0 spiro atoms. The Hall–Kier alpha value is -2.80. The van der Waals surface area contributed by atoms with Gasteiger partial charge in [-0.05, 0) is 36.4 Å². The van der Waals surface area contributed by atoms with Gasteiger partial charge in [-0.15, -0.1) is 6.42 Å². The second kappa shape index (κ2) is 6.22. The van der Waals surface area contributed by atoms with Gasteiger partial charge in [0.05, 0.1) is 5.56 Å². The van der Waals surface area contributed by atoms with Gasteiger partial charge in [-0.25, -0.2) is 4.98 Å². The highest BCUT2D eigenvalue weighted by Crippen LogP contribution is 2.24. The van der Waals surface area contributed by atoms with Crippen molar-refractivity contribution >= 4 is 6.29 Å². The van der Waals surface area contributed by atoms with E-state index in [1.54, 1.807) is 42.6 Å². The van der Waals surface area contributed by atoms with Gasteiger partial charge in [0.1, 0.15) is 18.1 Å². The highest BCUT2D eigenvalue weighted by Gasteiger charge is 2.05. The number of nitrogens with zero attached hydrogens (tertiary/aromatic N) is 1. The maximum absolute atomic E-state index is 10.8. The van der Waals surface area contributed by atoms with Crippen LogP contribution >= 0.6 is 0 Å². The van der Waals surface area contributed by atoms with Gasteiger partial charge in [0, 0.05) is 6.20 Å². The Labute approximate surface area is 111 Å². The summed E-state index contributed by atoms with van der Waals surface area (Å²) in [6.45, 7) is 0.218. The molecule has 1 heterocycles. The molecule has 0 radical (unpaired) electrons. The van der Waals surface area contributed by atoms with Crippen molar-refractivity contribution < 1.29 is 14.3 Å². The van der Waals surface area contributed by atoms with Crippen molar-refractivity contribution in [1.29, 1.82) is 0 Å². The lowest BCUT2D eigenvalue weighted by molar-refractivity contribution is 0.112. The molecule has 4 nitrogen and oxygen atoms in total. The number of hydrogen-bond acceptors (Lipinski definition) is 4. The molecule has 0 aliphatic heterocycles. The van der Waals surface area contributed by atoms with Gasteiger partial charge in [0.25, 0.3) is 0 Å². The lowest BCUT2D eigenvalue weighted by Gasteiger charge is -2.07. The molecule has 0 aliphatic carbocycles. The molecule has 0 amide bonds. The van der Waals surface area contributed by atoms with E-state index in [4.69, 9.17) is 15.9 Å². The summed E-state index contributed by atoms with van der Waals surface area (Å²) in [6, 6.07) is 10.2. The van der Waals surface area contributed by atoms with Crippen molar-refractivity contribution in [2.75, 3.05) is 6.61 Å². The van der Waals surface area contributed by atoms with Crippen LogP contribution in [0.5, 0.6) is 17.4 Å². The van der Waals surface area contributed by atoms with Crippen molar-refractivity contribution in [3.8, 4) is 29.7 Å². The minimum atomic E-state index is 0.218. The predicted molar refractivity (Wildman–Crippen MR) is 70.5 cm³/mol. The average molecular weight is 253 g/mol. The Bertz CT molecular complexity index is 600. The molecule has 19 heavy (non-hydrogen) atoms. The predicted octanol–water partition coefficient (Wildman–Crippen LogP) is 2.70. The molecule has 1 aromatic carbocycles. The van der Waals surface area contributed by atoms with Crippen LogP contribution in [0.15, 0.2) is 42.6 Å². The second-order valence-corrected chi connectivity index (χ2v) is 3.58. The summed E-state index contributed by atoms with van der Waals surface area (Å²) in [5.41, 5.74) is 0.398. The van der Waals surface area contributed by atoms with Crippen LogP contribution in [0.2, 0.25) is 0 Å². The molecule has 0 saturated carbocycles. The van der Waals surface area contributed by atoms with Crippen LogP contribution in [0, 0.1) is 12.3 Å². The molecule has 0 N–H and O–H groups in total. The average Bonchev–Trinajstić information content (AvgIpc) is 2.47. The third-order valence-electron chi connectivity index (χ3n) is 2.29. The quantitative estimate of drug-likeness (QED) is 0.607. The van der Waals surface area contributed by atoms with E-state index in [1.165, 1.54) is 0 Å². The van der Waals surface area contributed by atoms with Gasteiger partial charge in [-0.1, -0.05) is 5.92 Å². The summed E-state index contributed by atoms with van der Waals surface area (Å²) in [5, 5.41) is 0. The van der Waals surface area contributed by atoms with E-state index in [-0.39, 0.29) is 12.5 Å². The SMILES string of the molecule is C#CCOc1ccc(Oc2ncccc2C=O)cc1. The number of aldehydes is 1. The summed E-state index contributed by atoms with van der Waals surface area (Å²) in [7, 11) is 0. The third kappa shape index (κ3) is 3.33. The van der Waals surface area contributed by atoms with Crippen LogP contribution in [-0.4, -0.2) is 17.9 Å². The van der Waals surface area contributed by atoms with E-state index in [0.717, 1.165) is 0 Å². The number of carbonyl (C=O) groups excluding carboxylic acids is 1. The first-order valence-electron chi connectivity index (χ1n) is 5.58. The summed E-state index contributed by atoms with van der Waals surface area (Å²) in [6.07, 6.45) is 7.36. The van der Waals surface area contributed by atoms with Crippen LogP contribution in [0.3, 0.4) is 0 Å². The molecular formula is C15H11NO3. The fourth-order valence-corrected chi connectivity index (χ4v) is 1.42. The largest absolute Gasteiger partial charge is 0.481 e. The summed E-state index contributed by atoms with van der Waals surface area (Å²) in [5.74, 6) is 3.88. The molecule has 2 rings (SSSR count). The van der Waals surface area contributed by atoms with Gasteiger partial charge in [0.2, 0.25) is 5.88 Å². The minimum absolute atomic E-state index is 0.218. The molecule has 0 bridgehead atoms. The first kappa shape index (κ1) is 12.7. The molecule has 0 unspecified atom stereocenters. The topological polar surface area (TPSA) is 48.4 Å². The summed E-state index contributed by atoms with van der Waals surface area (Å²) >= 11 is 0. The van der Waals surface area contributed by atoms with Crippen molar-refractivity contribution in [3.63, 3.8) is 0 Å². The van der Waals surface area contributed by atoms with E-state index in [0.29, 0.717) is 23.3 Å². The first-order valence-corrected chi connectivity index (χ1v) is 5.58. The van der Waals surface area contributed by atoms with Gasteiger partial charge >= 0.3 is 0 Å². The van der Waals surface area contributed by atoms with Gasteiger partial charge < -0.3 is 9.47 Å². The molecule has 1 aromatic heterocycles. The van der Waals surface area contributed by atoms with E-state index < -0.39 is 0 Å². The number of ether oxygens (including phenoxy) is 2. The maximum atomic E-state index is 10.8. The van der Waals surface area contributed by atoms with E-state index >= 15 is 0 Å². The lowest BCUT2D eigenvalue weighted by atomic mass is 10.3. The molecule has 94 valence electrons. The number of pyridine rings is 1. The van der Waals surface area contributed by atoms with Crippen LogP contribution in [-0.2, 0) is 0 Å². The van der Waals surface area contributed by atoms with Gasteiger partial charge in [-0.3, -0.25) is 4.79 Å². The highest BCUT2D eigenvalue weighted by atomic mass is 16.5. The lowest BCUT2D eigenvalue weighted by Crippen LogP contribution is -1.95. The number of hydrogen-bond donors (Lipinski definition) is 0. The van der Waals surface area contributed by atoms with Gasteiger partial charge in [-0.2, -0.15) is 0 Å². The maximum Gasteiger partial charge on any atom is 0.229 e. The Morgan fingerprint density at radius 1 is 1.21 bits per heavy atom. The van der Waals surface area contributed by atoms with Crippen molar-refractivity contribution in [1.82, 2.24) is 4.98 Å². The normalized spacial score (nSPS) is 9.42. The second-order valence-electron chi connectivity index (χ2n) is 3.58. The number of carbonyl (C=O) groups is 1. The third-order valence-corrected chi connectivity index (χ3v) is 2.29. The number of rotatable bonds is 5. The standard InChI is InChI=1S/C15H11NO3/c1-2-10-18-13-5-7-14(8-6-13)19-15-12(11-17)4-3-9-16-15/h1,3-9,11H,10H2. The van der Waals surface area contributed by atoms with E-state index in [1.807, 2.05) is 0 Å². The fourth-order valence-electron chi connectivity index (χ4n) is 1.42. The first-order chi connectivity index (χ1) is 9.33. The Morgan fingerprint density at radius 3 is 2.63 bits per heavy atom. The minimum Gasteiger partial charge on any atom is -0.481 e. The number of terminal acetylenes is 1. The smallest absolute Gasteiger partial charge is 0.229 e.